The molecule has 0 atom stereocenters. The monoisotopic (exact) mass is 268 g/mol. The second-order valence-corrected chi connectivity index (χ2v) is 5.80. The highest BCUT2D eigenvalue weighted by molar-refractivity contribution is 7.17. The standard InChI is InChI=1S/C12H13ClN2OS/c1-7-8(5-6-13)11(16)15-9-3-2-4-10(9)17-12(15)14-7/h2-6H2,1H3. The van der Waals surface area contributed by atoms with E-state index in [-0.39, 0.29) is 5.56 Å². The van der Waals surface area contributed by atoms with E-state index in [0.717, 1.165) is 35.5 Å². The Kier molecular flexibility index (Phi) is 2.71. The number of alkyl halides is 1. The first-order chi connectivity index (χ1) is 8.22. The van der Waals surface area contributed by atoms with Crippen molar-refractivity contribution in [1.29, 1.82) is 0 Å². The molecular weight excluding hydrogens is 256 g/mol. The van der Waals surface area contributed by atoms with Crippen molar-refractivity contribution in [3.8, 4) is 0 Å². The molecule has 0 fully saturated rings. The quantitative estimate of drug-likeness (QED) is 0.784. The van der Waals surface area contributed by atoms with E-state index in [1.54, 1.807) is 11.3 Å². The molecule has 3 rings (SSSR count). The number of thiazole rings is 1. The Hall–Kier alpha value is -0.870. The fraction of sp³-hybridized carbons (Fsp3) is 0.500. The summed E-state index contributed by atoms with van der Waals surface area (Å²) in [5, 5.41) is 0. The van der Waals surface area contributed by atoms with Crippen LogP contribution in [-0.4, -0.2) is 15.3 Å². The highest BCUT2D eigenvalue weighted by Crippen LogP contribution is 2.29. The van der Waals surface area contributed by atoms with Crippen LogP contribution in [0.1, 0.15) is 28.2 Å². The summed E-state index contributed by atoms with van der Waals surface area (Å²) in [5.74, 6) is 0.468. The van der Waals surface area contributed by atoms with E-state index < -0.39 is 0 Å². The Morgan fingerprint density at radius 2 is 2.29 bits per heavy atom. The van der Waals surface area contributed by atoms with Gasteiger partial charge in [0, 0.05) is 27.7 Å². The second-order valence-electron chi connectivity index (χ2n) is 4.36. The Balaban J connectivity index is 2.35. The first-order valence-corrected chi connectivity index (χ1v) is 7.16. The molecule has 0 radical (unpaired) electrons. The van der Waals surface area contributed by atoms with Gasteiger partial charge < -0.3 is 0 Å². The molecular formula is C12H13ClN2OS. The predicted molar refractivity (Wildman–Crippen MR) is 70.5 cm³/mol. The van der Waals surface area contributed by atoms with Gasteiger partial charge in [-0.3, -0.25) is 9.20 Å². The van der Waals surface area contributed by atoms with Crippen molar-refractivity contribution in [3.05, 3.63) is 32.2 Å². The number of fused-ring (bicyclic) bond motifs is 3. The zero-order valence-electron chi connectivity index (χ0n) is 9.62. The zero-order chi connectivity index (χ0) is 12.0. The van der Waals surface area contributed by atoms with E-state index in [4.69, 9.17) is 11.6 Å². The Morgan fingerprint density at radius 3 is 3.06 bits per heavy atom. The van der Waals surface area contributed by atoms with Gasteiger partial charge in [-0.25, -0.2) is 4.98 Å². The maximum absolute atomic E-state index is 12.4. The summed E-state index contributed by atoms with van der Waals surface area (Å²) in [7, 11) is 0. The largest absolute Gasteiger partial charge is 0.269 e. The van der Waals surface area contributed by atoms with Gasteiger partial charge in [0.25, 0.3) is 5.56 Å². The lowest BCUT2D eigenvalue weighted by atomic mass is 10.2. The van der Waals surface area contributed by atoms with Crippen LogP contribution in [0.15, 0.2) is 4.79 Å². The van der Waals surface area contributed by atoms with Crippen molar-refractivity contribution >= 4 is 27.9 Å². The molecule has 5 heteroatoms. The topological polar surface area (TPSA) is 34.4 Å². The molecule has 0 bridgehead atoms. The molecule has 0 unspecified atom stereocenters. The van der Waals surface area contributed by atoms with Crippen molar-refractivity contribution < 1.29 is 0 Å². The maximum Gasteiger partial charge on any atom is 0.262 e. The van der Waals surface area contributed by atoms with Gasteiger partial charge in [0.1, 0.15) is 0 Å². The first-order valence-electron chi connectivity index (χ1n) is 5.81. The molecule has 0 spiro atoms. The molecule has 3 nitrogen and oxygen atoms in total. The lowest BCUT2D eigenvalue weighted by molar-refractivity contribution is 0.859. The van der Waals surface area contributed by atoms with Crippen LogP contribution in [0, 0.1) is 6.92 Å². The van der Waals surface area contributed by atoms with Gasteiger partial charge in [-0.2, -0.15) is 0 Å². The van der Waals surface area contributed by atoms with Crippen molar-refractivity contribution in [3.63, 3.8) is 0 Å². The van der Waals surface area contributed by atoms with Crippen LogP contribution in [-0.2, 0) is 19.3 Å². The smallest absolute Gasteiger partial charge is 0.262 e. The van der Waals surface area contributed by atoms with E-state index in [1.165, 1.54) is 10.6 Å². The van der Waals surface area contributed by atoms with Gasteiger partial charge in [0.2, 0.25) is 0 Å². The minimum Gasteiger partial charge on any atom is -0.269 e. The van der Waals surface area contributed by atoms with E-state index in [2.05, 4.69) is 4.98 Å². The van der Waals surface area contributed by atoms with Crippen LogP contribution in [0.5, 0.6) is 0 Å². The van der Waals surface area contributed by atoms with E-state index >= 15 is 0 Å². The highest BCUT2D eigenvalue weighted by Gasteiger charge is 2.21. The molecule has 90 valence electrons. The molecule has 0 saturated heterocycles. The SMILES string of the molecule is Cc1nc2sc3c(n2c(=O)c1CCCl)CCC3. The molecule has 1 aliphatic carbocycles. The average molecular weight is 269 g/mol. The summed E-state index contributed by atoms with van der Waals surface area (Å²) in [6.07, 6.45) is 3.85. The zero-order valence-corrected chi connectivity index (χ0v) is 11.2. The van der Waals surface area contributed by atoms with Gasteiger partial charge in [0.15, 0.2) is 4.96 Å². The average Bonchev–Trinajstić information content (AvgIpc) is 2.83. The van der Waals surface area contributed by atoms with Crippen LogP contribution in [0.2, 0.25) is 0 Å². The van der Waals surface area contributed by atoms with Gasteiger partial charge in [0.05, 0.1) is 0 Å². The van der Waals surface area contributed by atoms with E-state index in [0.29, 0.717) is 12.3 Å². The summed E-state index contributed by atoms with van der Waals surface area (Å²) < 4.78 is 1.81. The van der Waals surface area contributed by atoms with Crippen molar-refractivity contribution in [2.45, 2.75) is 32.6 Å². The minimum absolute atomic E-state index is 0.0903. The molecule has 2 aromatic heterocycles. The Morgan fingerprint density at radius 1 is 1.47 bits per heavy atom. The first kappa shape index (κ1) is 11.2. The third kappa shape index (κ3) is 1.62. The molecule has 0 amide bonds. The van der Waals surface area contributed by atoms with Gasteiger partial charge in [-0.15, -0.1) is 22.9 Å². The molecule has 0 aromatic carbocycles. The van der Waals surface area contributed by atoms with E-state index in [1.807, 2.05) is 11.3 Å². The fourth-order valence-corrected chi connectivity index (χ4v) is 3.92. The third-order valence-corrected chi connectivity index (χ3v) is 4.65. The lowest BCUT2D eigenvalue weighted by Gasteiger charge is -2.04. The second kappa shape index (κ2) is 4.10. The van der Waals surface area contributed by atoms with Gasteiger partial charge in [-0.05, 0) is 32.6 Å². The maximum atomic E-state index is 12.4. The summed E-state index contributed by atoms with van der Waals surface area (Å²) in [5.41, 5.74) is 2.87. The van der Waals surface area contributed by atoms with Crippen LogP contribution >= 0.6 is 22.9 Å². The van der Waals surface area contributed by atoms with E-state index in [9.17, 15) is 4.79 Å². The Bertz CT molecular complexity index is 644. The van der Waals surface area contributed by atoms with Crippen molar-refractivity contribution in [2.75, 3.05) is 5.88 Å². The van der Waals surface area contributed by atoms with Crippen LogP contribution in [0.25, 0.3) is 4.96 Å². The highest BCUT2D eigenvalue weighted by atomic mass is 35.5. The minimum atomic E-state index is 0.0903. The third-order valence-electron chi connectivity index (χ3n) is 3.32. The fourth-order valence-electron chi connectivity index (χ4n) is 2.48. The van der Waals surface area contributed by atoms with Gasteiger partial charge >= 0.3 is 0 Å². The molecule has 0 saturated carbocycles. The summed E-state index contributed by atoms with van der Waals surface area (Å²) in [6, 6.07) is 0. The Labute approximate surface area is 108 Å². The number of rotatable bonds is 2. The summed E-state index contributed by atoms with van der Waals surface area (Å²) in [6.45, 7) is 1.90. The van der Waals surface area contributed by atoms with Crippen LogP contribution < -0.4 is 5.56 Å². The number of aromatic nitrogens is 2. The molecule has 2 aromatic rings. The van der Waals surface area contributed by atoms with Crippen molar-refractivity contribution in [2.24, 2.45) is 0 Å². The van der Waals surface area contributed by atoms with Gasteiger partial charge in [-0.1, -0.05) is 0 Å². The molecule has 17 heavy (non-hydrogen) atoms. The van der Waals surface area contributed by atoms with Crippen LogP contribution in [0.3, 0.4) is 0 Å². The summed E-state index contributed by atoms with van der Waals surface area (Å²) in [4.78, 5) is 19.1. The molecule has 2 heterocycles. The molecule has 1 aliphatic rings. The lowest BCUT2D eigenvalue weighted by Crippen LogP contribution is -2.22. The number of aryl methyl sites for hydroxylation is 3. The number of halogens is 1. The number of nitrogens with zero attached hydrogens (tertiary/aromatic N) is 2. The molecule has 0 N–H and O–H groups in total. The number of hydrogen-bond donors (Lipinski definition) is 0. The predicted octanol–water partition coefficient (Wildman–Crippen LogP) is 2.33. The molecule has 0 aliphatic heterocycles. The number of hydrogen-bond acceptors (Lipinski definition) is 3. The normalized spacial score (nSPS) is 14.5. The summed E-state index contributed by atoms with van der Waals surface area (Å²) >= 11 is 7.41. The van der Waals surface area contributed by atoms with Crippen LogP contribution in [0.4, 0.5) is 0 Å². The van der Waals surface area contributed by atoms with Crippen molar-refractivity contribution in [1.82, 2.24) is 9.38 Å².